The maximum Gasteiger partial charge on any atom is 0.249 e. The van der Waals surface area contributed by atoms with E-state index in [0.29, 0.717) is 19.0 Å². The van der Waals surface area contributed by atoms with Crippen molar-refractivity contribution in [1.29, 1.82) is 0 Å². The van der Waals surface area contributed by atoms with E-state index in [0.717, 1.165) is 28.5 Å². The van der Waals surface area contributed by atoms with Gasteiger partial charge in [-0.15, -0.1) is 10.2 Å². The second kappa shape index (κ2) is 6.70. The number of H-pyrrole nitrogens is 1. The Hall–Kier alpha value is -2.74. The summed E-state index contributed by atoms with van der Waals surface area (Å²) in [5, 5.41) is 8.69. The molecule has 0 unspecified atom stereocenters. The number of imidazole rings is 1. The topological polar surface area (TPSA) is 88.9 Å². The molecule has 1 aliphatic heterocycles. The third kappa shape index (κ3) is 3.17. The first-order valence-corrected chi connectivity index (χ1v) is 9.83. The fraction of sp³-hybridized carbons (Fsp3) is 0.500. The summed E-state index contributed by atoms with van der Waals surface area (Å²) in [6, 6.07) is 6.26. The lowest BCUT2D eigenvalue weighted by molar-refractivity contribution is -0.138. The van der Waals surface area contributed by atoms with Gasteiger partial charge in [0, 0.05) is 12.5 Å². The number of amides is 1. The third-order valence-corrected chi connectivity index (χ3v) is 5.50. The van der Waals surface area contributed by atoms with Crippen molar-refractivity contribution in [3.05, 3.63) is 41.2 Å². The number of aromatic amines is 1. The minimum atomic E-state index is -0.0268. The summed E-state index contributed by atoms with van der Waals surface area (Å²) in [7, 11) is 0. The van der Waals surface area contributed by atoms with Gasteiger partial charge in [-0.1, -0.05) is 6.07 Å². The first-order chi connectivity index (χ1) is 13.6. The summed E-state index contributed by atoms with van der Waals surface area (Å²) < 4.78 is 7.86. The maximum atomic E-state index is 12.6. The van der Waals surface area contributed by atoms with Crippen molar-refractivity contribution in [2.24, 2.45) is 0 Å². The van der Waals surface area contributed by atoms with E-state index in [9.17, 15) is 4.79 Å². The lowest BCUT2D eigenvalue weighted by Crippen LogP contribution is -2.42. The molecule has 1 atom stereocenters. The van der Waals surface area contributed by atoms with Crippen molar-refractivity contribution in [3.63, 3.8) is 0 Å². The largest absolute Gasteiger partial charge is 0.364 e. The highest BCUT2D eigenvalue weighted by Crippen LogP contribution is 2.40. The predicted octanol–water partition coefficient (Wildman–Crippen LogP) is 2.46. The minimum Gasteiger partial charge on any atom is -0.364 e. The standard InChI is InChI=1S/C20H24N6O2/c1-12-3-6-15-16(7-12)22-17(21-15)10-28-11-19(27)25-8-13(2)26-18(9-25)23-24-20(26)14-4-5-14/h3,6-7,13-14H,4-5,8-11H2,1-2H3,(H,21,22)/t13-/m0/s1. The average Bonchev–Trinajstić information content (AvgIpc) is 3.29. The molecule has 1 aliphatic carbocycles. The minimum absolute atomic E-state index is 0.0268. The van der Waals surface area contributed by atoms with Gasteiger partial charge in [-0.05, 0) is 44.4 Å². The highest BCUT2D eigenvalue weighted by molar-refractivity contribution is 5.77. The molecule has 8 heteroatoms. The number of benzene rings is 1. The van der Waals surface area contributed by atoms with Crippen LogP contribution < -0.4 is 0 Å². The van der Waals surface area contributed by atoms with Crippen molar-refractivity contribution >= 4 is 16.9 Å². The van der Waals surface area contributed by atoms with Crippen LogP contribution in [0.25, 0.3) is 11.0 Å². The molecule has 5 rings (SSSR count). The molecule has 8 nitrogen and oxygen atoms in total. The molecule has 3 heterocycles. The lowest BCUT2D eigenvalue weighted by atomic mass is 10.2. The zero-order valence-electron chi connectivity index (χ0n) is 16.2. The van der Waals surface area contributed by atoms with E-state index in [4.69, 9.17) is 4.74 Å². The van der Waals surface area contributed by atoms with Gasteiger partial charge >= 0.3 is 0 Å². The molecule has 0 spiro atoms. The number of nitrogens with zero attached hydrogens (tertiary/aromatic N) is 5. The molecule has 2 aliphatic rings. The van der Waals surface area contributed by atoms with Crippen LogP contribution in [0.15, 0.2) is 18.2 Å². The summed E-state index contributed by atoms with van der Waals surface area (Å²) in [5.74, 6) is 3.23. The molecule has 0 bridgehead atoms. The van der Waals surface area contributed by atoms with Crippen LogP contribution in [0.5, 0.6) is 0 Å². The van der Waals surface area contributed by atoms with Crippen molar-refractivity contribution < 1.29 is 9.53 Å². The van der Waals surface area contributed by atoms with Gasteiger partial charge in [0.2, 0.25) is 5.91 Å². The van der Waals surface area contributed by atoms with Crippen LogP contribution in [0.1, 0.15) is 54.8 Å². The summed E-state index contributed by atoms with van der Waals surface area (Å²) in [5.41, 5.74) is 3.07. The van der Waals surface area contributed by atoms with Crippen LogP contribution in [-0.4, -0.2) is 48.7 Å². The average molecular weight is 380 g/mol. The number of rotatable bonds is 5. The first kappa shape index (κ1) is 17.4. The Bertz CT molecular complexity index is 1030. The molecule has 2 aromatic heterocycles. The van der Waals surface area contributed by atoms with E-state index in [1.165, 1.54) is 18.4 Å². The fourth-order valence-corrected chi connectivity index (χ4v) is 3.94. The Labute approximate surface area is 162 Å². The van der Waals surface area contributed by atoms with E-state index in [-0.39, 0.29) is 25.2 Å². The summed E-state index contributed by atoms with van der Waals surface area (Å²) >= 11 is 0. The predicted molar refractivity (Wildman–Crippen MR) is 103 cm³/mol. The summed E-state index contributed by atoms with van der Waals surface area (Å²) in [4.78, 5) is 22.2. The highest BCUT2D eigenvalue weighted by atomic mass is 16.5. The van der Waals surface area contributed by atoms with Crippen molar-refractivity contribution in [3.8, 4) is 0 Å². The molecule has 0 radical (unpaired) electrons. The van der Waals surface area contributed by atoms with Crippen molar-refractivity contribution in [1.82, 2.24) is 29.6 Å². The van der Waals surface area contributed by atoms with E-state index in [1.54, 1.807) is 0 Å². The van der Waals surface area contributed by atoms with Crippen LogP contribution in [0.3, 0.4) is 0 Å². The molecule has 3 aromatic rings. The Kier molecular flexibility index (Phi) is 4.16. The van der Waals surface area contributed by atoms with Gasteiger partial charge in [0.1, 0.15) is 24.9 Å². The number of ether oxygens (including phenoxy) is 1. The highest BCUT2D eigenvalue weighted by Gasteiger charge is 2.35. The van der Waals surface area contributed by atoms with E-state index in [2.05, 4.69) is 37.7 Å². The number of fused-ring (bicyclic) bond motifs is 2. The molecular weight excluding hydrogens is 356 g/mol. The van der Waals surface area contributed by atoms with Gasteiger partial charge in [-0.2, -0.15) is 0 Å². The van der Waals surface area contributed by atoms with Gasteiger partial charge in [0.25, 0.3) is 0 Å². The smallest absolute Gasteiger partial charge is 0.249 e. The molecular formula is C20H24N6O2. The number of hydrogen-bond acceptors (Lipinski definition) is 5. The quantitative estimate of drug-likeness (QED) is 0.734. The molecule has 0 saturated heterocycles. The van der Waals surface area contributed by atoms with Gasteiger partial charge < -0.3 is 19.2 Å². The molecule has 28 heavy (non-hydrogen) atoms. The zero-order valence-corrected chi connectivity index (χ0v) is 16.2. The van der Waals surface area contributed by atoms with Gasteiger partial charge in [-0.25, -0.2) is 4.98 Å². The molecule has 1 fully saturated rings. The van der Waals surface area contributed by atoms with Crippen molar-refractivity contribution in [2.45, 2.75) is 51.8 Å². The molecule has 1 aromatic carbocycles. The maximum absolute atomic E-state index is 12.6. The summed E-state index contributed by atoms with van der Waals surface area (Å²) in [6.45, 7) is 5.64. The number of carbonyl (C=O) groups excluding carboxylic acids is 1. The molecule has 1 saturated carbocycles. The molecule has 1 amide bonds. The number of carbonyl (C=O) groups is 1. The van der Waals surface area contributed by atoms with Crippen molar-refractivity contribution in [2.75, 3.05) is 13.2 Å². The molecule has 1 N–H and O–H groups in total. The van der Waals surface area contributed by atoms with Gasteiger partial charge in [-0.3, -0.25) is 4.79 Å². The summed E-state index contributed by atoms with van der Waals surface area (Å²) in [6.07, 6.45) is 2.39. The van der Waals surface area contributed by atoms with Crippen LogP contribution >= 0.6 is 0 Å². The van der Waals surface area contributed by atoms with Gasteiger partial charge in [0.05, 0.1) is 23.6 Å². The zero-order chi connectivity index (χ0) is 19.3. The second-order valence-corrected chi connectivity index (χ2v) is 7.94. The first-order valence-electron chi connectivity index (χ1n) is 9.83. The molecule has 146 valence electrons. The van der Waals surface area contributed by atoms with Crippen LogP contribution in [-0.2, 0) is 22.7 Å². The monoisotopic (exact) mass is 380 g/mol. The second-order valence-electron chi connectivity index (χ2n) is 7.94. The Balaban J connectivity index is 1.19. The Morgan fingerprint density at radius 1 is 1.32 bits per heavy atom. The normalized spacial score (nSPS) is 19.2. The lowest BCUT2D eigenvalue weighted by Gasteiger charge is -2.32. The number of aryl methyl sites for hydroxylation is 1. The van der Waals surface area contributed by atoms with Crippen LogP contribution in [0, 0.1) is 6.92 Å². The van der Waals surface area contributed by atoms with Crippen LogP contribution in [0.2, 0.25) is 0 Å². The van der Waals surface area contributed by atoms with E-state index >= 15 is 0 Å². The Morgan fingerprint density at radius 3 is 3.00 bits per heavy atom. The fourth-order valence-electron chi connectivity index (χ4n) is 3.94. The van der Waals surface area contributed by atoms with E-state index < -0.39 is 0 Å². The Morgan fingerprint density at radius 2 is 2.18 bits per heavy atom. The number of nitrogens with one attached hydrogen (secondary N) is 1. The number of hydrogen-bond donors (Lipinski definition) is 1. The number of aromatic nitrogens is 5. The van der Waals surface area contributed by atoms with Crippen LogP contribution in [0.4, 0.5) is 0 Å². The SMILES string of the molecule is Cc1ccc2nc(COCC(=O)N3Cc4nnc(C5CC5)n4[C@@H](C)C3)[nH]c2c1. The van der Waals surface area contributed by atoms with E-state index in [1.807, 2.05) is 24.0 Å². The van der Waals surface area contributed by atoms with Gasteiger partial charge in [0.15, 0.2) is 5.82 Å². The third-order valence-electron chi connectivity index (χ3n) is 5.50.